The number of amides is 3. The first kappa shape index (κ1) is 36.5. The summed E-state index contributed by atoms with van der Waals surface area (Å²) in [6.07, 6.45) is 12.9. The van der Waals surface area contributed by atoms with Gasteiger partial charge in [0, 0.05) is 44.2 Å². The van der Waals surface area contributed by atoms with Crippen LogP contribution in [0, 0.1) is 5.92 Å². The van der Waals surface area contributed by atoms with Gasteiger partial charge in [-0.2, -0.15) is 0 Å². The summed E-state index contributed by atoms with van der Waals surface area (Å²) in [6.45, 7) is 5.84. The number of ether oxygens (including phenoxy) is 1. The molecule has 4 aliphatic rings. The highest BCUT2D eigenvalue weighted by Crippen LogP contribution is 2.52. The number of carbonyl (C=O) groups excluding carboxylic acids is 3. The van der Waals surface area contributed by atoms with E-state index in [0.717, 1.165) is 28.9 Å². The molecule has 7 rings (SSSR count). The van der Waals surface area contributed by atoms with Gasteiger partial charge in [-0.25, -0.2) is 23.5 Å². The minimum Gasteiger partial charge on any atom is -0.453 e. The third kappa shape index (κ3) is 6.78. The van der Waals surface area contributed by atoms with Crippen LogP contribution in [-0.2, 0) is 19.7 Å². The highest BCUT2D eigenvalue weighted by atomic mass is 19.3. The minimum atomic E-state index is -2.70. The van der Waals surface area contributed by atoms with Crippen LogP contribution in [0.15, 0.2) is 61.0 Å². The Labute approximate surface area is 308 Å². The fourth-order valence-corrected chi connectivity index (χ4v) is 9.06. The van der Waals surface area contributed by atoms with Gasteiger partial charge >= 0.3 is 6.09 Å². The third-order valence-electron chi connectivity index (χ3n) is 12.0. The van der Waals surface area contributed by atoms with Crippen LogP contribution in [0.2, 0.25) is 0 Å². The quantitative estimate of drug-likeness (QED) is 0.226. The number of nitrogens with one attached hydrogen (secondary N) is 3. The highest BCUT2D eigenvalue weighted by molar-refractivity contribution is 5.86. The van der Waals surface area contributed by atoms with Gasteiger partial charge in [0.05, 0.1) is 36.0 Å². The maximum absolute atomic E-state index is 14.2. The summed E-state index contributed by atoms with van der Waals surface area (Å²) in [6, 6.07) is 8.75. The molecule has 53 heavy (non-hydrogen) atoms. The molecule has 3 N–H and O–H groups in total. The van der Waals surface area contributed by atoms with Gasteiger partial charge in [0.15, 0.2) is 0 Å². The molecular weight excluding hydrogens is 680 g/mol. The number of carbonyl (C=O) groups is 3. The number of imidazole rings is 2. The zero-order valence-corrected chi connectivity index (χ0v) is 30.8. The van der Waals surface area contributed by atoms with Crippen molar-refractivity contribution >= 4 is 23.5 Å². The second-order valence-electron chi connectivity index (χ2n) is 15.5. The number of hydrogen-bond acceptors (Lipinski definition) is 6. The second-order valence-corrected chi connectivity index (χ2v) is 15.5. The predicted octanol–water partition coefficient (Wildman–Crippen LogP) is 7.14. The van der Waals surface area contributed by atoms with Gasteiger partial charge in [0.2, 0.25) is 17.7 Å². The van der Waals surface area contributed by atoms with Crippen molar-refractivity contribution in [3.05, 3.63) is 89.6 Å². The molecule has 2 aliphatic carbocycles. The Morgan fingerprint density at radius 2 is 1.60 bits per heavy atom. The Morgan fingerprint density at radius 3 is 2.19 bits per heavy atom. The van der Waals surface area contributed by atoms with Gasteiger partial charge in [-0.05, 0) is 62.0 Å². The lowest BCUT2D eigenvalue weighted by Crippen LogP contribution is -2.51. The molecule has 0 radical (unpaired) electrons. The first-order valence-electron chi connectivity index (χ1n) is 18.7. The van der Waals surface area contributed by atoms with Gasteiger partial charge in [-0.1, -0.05) is 62.4 Å². The number of benzene rings is 1. The van der Waals surface area contributed by atoms with E-state index in [1.807, 2.05) is 49.3 Å². The summed E-state index contributed by atoms with van der Waals surface area (Å²) < 4.78 is 33.3. The number of alkyl halides is 2. The first-order chi connectivity index (χ1) is 25.4. The molecule has 1 spiro atoms. The van der Waals surface area contributed by atoms with Gasteiger partial charge in [-0.3, -0.25) is 9.59 Å². The van der Waals surface area contributed by atoms with E-state index >= 15 is 0 Å². The smallest absolute Gasteiger partial charge is 0.407 e. The molecule has 3 fully saturated rings. The van der Waals surface area contributed by atoms with Crippen LogP contribution in [0.3, 0.4) is 0 Å². The van der Waals surface area contributed by atoms with E-state index in [4.69, 9.17) is 14.7 Å². The number of methoxy groups -OCH3 is 1. The standard InChI is InChI=1S/C40H49F2N7O4/c1-25(2)33(47-37(52)53-4)36(51)48-22-8-11-29(48)34-43-23-31(45-34)39(16-12-28(13-17-39)27-9-6-5-7-10-27)32-24-44-35(46-32)30-14-15-38(49(30)26(3)50)18-20-40(41,42)21-19-38/h5-7,9-10,12-13,16,23-25,29-30,33H,8,11,14-15,17-22H2,1-4H3,(H,43,45)(H,44,46)(H,47,52)/t29-,30?,33-,39?/m0/s1. The fourth-order valence-electron chi connectivity index (χ4n) is 9.06. The van der Waals surface area contributed by atoms with Crippen LogP contribution in [0.5, 0.6) is 0 Å². The highest BCUT2D eigenvalue weighted by Gasteiger charge is 2.54. The molecule has 282 valence electrons. The summed E-state index contributed by atoms with van der Waals surface area (Å²) in [7, 11) is 1.28. The second kappa shape index (κ2) is 14.2. The Hall–Kier alpha value is -4.81. The average Bonchev–Trinajstić information content (AvgIpc) is 3.98. The van der Waals surface area contributed by atoms with Gasteiger partial charge in [0.1, 0.15) is 17.7 Å². The topological polar surface area (TPSA) is 136 Å². The van der Waals surface area contributed by atoms with Crippen LogP contribution in [0.1, 0.15) is 119 Å². The summed E-state index contributed by atoms with van der Waals surface area (Å²) in [5.41, 5.74) is 2.48. The van der Waals surface area contributed by atoms with E-state index < -0.39 is 29.0 Å². The van der Waals surface area contributed by atoms with Crippen molar-refractivity contribution in [2.75, 3.05) is 13.7 Å². The Bertz CT molecular complexity index is 1890. The molecule has 3 amide bonds. The minimum absolute atomic E-state index is 0.131. The van der Waals surface area contributed by atoms with Crippen molar-refractivity contribution < 1.29 is 27.9 Å². The maximum atomic E-state index is 14.2. The molecule has 1 aromatic carbocycles. The number of halogens is 2. The lowest BCUT2D eigenvalue weighted by molar-refractivity contribution is -0.142. The summed E-state index contributed by atoms with van der Waals surface area (Å²) in [4.78, 5) is 59.7. The lowest BCUT2D eigenvalue weighted by Gasteiger charge is -2.45. The van der Waals surface area contributed by atoms with E-state index in [2.05, 4.69) is 45.6 Å². The number of rotatable bonds is 8. The van der Waals surface area contributed by atoms with Crippen molar-refractivity contribution in [3.8, 4) is 0 Å². The Morgan fingerprint density at radius 1 is 0.943 bits per heavy atom. The van der Waals surface area contributed by atoms with Crippen molar-refractivity contribution in [3.63, 3.8) is 0 Å². The summed E-state index contributed by atoms with van der Waals surface area (Å²) in [5, 5.41) is 2.71. The number of allylic oxidation sites excluding steroid dienone is 4. The van der Waals surface area contributed by atoms with Crippen LogP contribution in [0.25, 0.3) is 5.57 Å². The SMILES string of the molecule is COC(=O)N[C@H](C(=O)N1CCC[C@H]1c1ncc(C2(c3cnc(C4CCC5(CCC(F)(F)CC5)N4C(C)=O)[nH]3)C=CC(c3ccccc3)=CC2)[nH]1)C(C)C. The van der Waals surface area contributed by atoms with Crippen molar-refractivity contribution in [1.29, 1.82) is 0 Å². The molecule has 4 heterocycles. The fraction of sp³-hybridized carbons (Fsp3) is 0.525. The molecule has 11 nitrogen and oxygen atoms in total. The largest absolute Gasteiger partial charge is 0.453 e. The monoisotopic (exact) mass is 729 g/mol. The van der Waals surface area contributed by atoms with E-state index in [1.165, 1.54) is 14.0 Å². The van der Waals surface area contributed by atoms with Crippen molar-refractivity contribution in [1.82, 2.24) is 35.1 Å². The molecule has 3 aromatic rings. The van der Waals surface area contributed by atoms with Gasteiger partial charge < -0.3 is 29.8 Å². The van der Waals surface area contributed by atoms with Crippen LogP contribution in [0.4, 0.5) is 13.6 Å². The number of aromatic nitrogens is 4. The normalized spacial score (nSPS) is 25.5. The molecule has 0 bridgehead atoms. The number of nitrogens with zero attached hydrogens (tertiary/aromatic N) is 4. The predicted molar refractivity (Wildman–Crippen MR) is 195 cm³/mol. The van der Waals surface area contributed by atoms with Crippen molar-refractivity contribution in [2.24, 2.45) is 5.92 Å². The van der Waals surface area contributed by atoms with E-state index in [-0.39, 0.29) is 55.5 Å². The van der Waals surface area contributed by atoms with E-state index in [1.54, 1.807) is 4.90 Å². The molecule has 4 atom stereocenters. The number of hydrogen-bond donors (Lipinski definition) is 3. The number of H-pyrrole nitrogens is 2. The zero-order valence-electron chi connectivity index (χ0n) is 30.8. The molecule has 2 aromatic heterocycles. The first-order valence-corrected chi connectivity index (χ1v) is 18.7. The maximum Gasteiger partial charge on any atom is 0.407 e. The van der Waals surface area contributed by atoms with Crippen molar-refractivity contribution in [2.45, 2.75) is 114 Å². The lowest BCUT2D eigenvalue weighted by atomic mass is 9.74. The van der Waals surface area contributed by atoms with Crippen LogP contribution in [-0.4, -0.2) is 78.8 Å². The molecular formula is C40H49F2N7O4. The van der Waals surface area contributed by atoms with Gasteiger partial charge in [0.25, 0.3) is 0 Å². The Balaban J connectivity index is 1.21. The number of aromatic amines is 2. The zero-order chi connectivity index (χ0) is 37.5. The molecule has 2 saturated heterocycles. The average molecular weight is 730 g/mol. The molecule has 2 aliphatic heterocycles. The molecule has 1 saturated carbocycles. The van der Waals surface area contributed by atoms with Crippen LogP contribution >= 0.6 is 0 Å². The number of alkyl carbamates (subject to hydrolysis) is 1. The van der Waals surface area contributed by atoms with Crippen LogP contribution < -0.4 is 5.32 Å². The summed E-state index contributed by atoms with van der Waals surface area (Å²) >= 11 is 0. The molecule has 13 heteroatoms. The van der Waals surface area contributed by atoms with E-state index in [0.29, 0.717) is 43.9 Å². The molecule has 2 unspecified atom stereocenters. The van der Waals surface area contributed by atoms with Gasteiger partial charge in [-0.15, -0.1) is 0 Å². The van der Waals surface area contributed by atoms with E-state index in [9.17, 15) is 23.2 Å². The third-order valence-corrected chi connectivity index (χ3v) is 12.0. The summed E-state index contributed by atoms with van der Waals surface area (Å²) in [5.74, 6) is -1.87. The number of likely N-dealkylation sites (tertiary alicyclic amines) is 2. The Kier molecular flexibility index (Phi) is 9.79.